The number of carboxylic acid groups (broad SMARTS) is 1. The molecule has 0 saturated carbocycles. The van der Waals surface area contributed by atoms with Gasteiger partial charge in [-0.15, -0.1) is 0 Å². The van der Waals surface area contributed by atoms with Gasteiger partial charge in [0.2, 0.25) is 5.95 Å². The number of carboxylic acids is 1. The third-order valence-electron chi connectivity index (χ3n) is 2.73. The van der Waals surface area contributed by atoms with E-state index in [0.29, 0.717) is 5.56 Å². The number of aromatic nitrogens is 2. The second-order valence-corrected chi connectivity index (χ2v) is 4.06. The first-order valence-electron chi connectivity index (χ1n) is 5.95. The summed E-state index contributed by atoms with van der Waals surface area (Å²) in [6.45, 7) is 0.147. The molecule has 2 N–H and O–H groups in total. The molecule has 100 valence electrons. The van der Waals surface area contributed by atoms with Gasteiger partial charge in [0.1, 0.15) is 11.8 Å². The van der Waals surface area contributed by atoms with Gasteiger partial charge in [0, 0.05) is 12.7 Å². The molecule has 2 rings (SSSR count). The molecule has 20 heavy (non-hydrogen) atoms. The van der Waals surface area contributed by atoms with Gasteiger partial charge in [-0.2, -0.15) is 5.26 Å². The molecule has 6 heteroatoms. The molecule has 0 amide bonds. The summed E-state index contributed by atoms with van der Waals surface area (Å²) in [7, 11) is 0. The Morgan fingerprint density at radius 3 is 2.75 bits per heavy atom. The fraction of sp³-hybridized carbons (Fsp3) is 0.143. The molecule has 0 aliphatic heterocycles. The maximum absolute atomic E-state index is 11.3. The van der Waals surface area contributed by atoms with Crippen molar-refractivity contribution in [3.8, 4) is 6.07 Å². The van der Waals surface area contributed by atoms with Crippen molar-refractivity contribution in [2.24, 2.45) is 0 Å². The standard InChI is InChI=1S/C14H12N4O2/c15-8-11-6-7-16-14(18-11)17-9-12(13(19)20)10-4-2-1-3-5-10/h1-7,12H,9H2,(H,19,20)(H,16,17,18). The maximum Gasteiger partial charge on any atom is 0.312 e. The van der Waals surface area contributed by atoms with Crippen LogP contribution in [0.1, 0.15) is 17.2 Å². The first-order valence-corrected chi connectivity index (χ1v) is 5.95. The monoisotopic (exact) mass is 268 g/mol. The van der Waals surface area contributed by atoms with Crippen LogP contribution in [-0.4, -0.2) is 27.6 Å². The van der Waals surface area contributed by atoms with Gasteiger partial charge in [-0.3, -0.25) is 4.79 Å². The molecule has 1 unspecified atom stereocenters. The number of nitrogens with zero attached hydrogens (tertiary/aromatic N) is 3. The Labute approximate surface area is 115 Å². The Hall–Kier alpha value is -2.94. The number of nitrogens with one attached hydrogen (secondary N) is 1. The van der Waals surface area contributed by atoms with Crippen molar-refractivity contribution >= 4 is 11.9 Å². The van der Waals surface area contributed by atoms with E-state index >= 15 is 0 Å². The summed E-state index contributed by atoms with van der Waals surface area (Å²) in [6.07, 6.45) is 1.45. The number of benzene rings is 1. The minimum Gasteiger partial charge on any atom is -0.481 e. The van der Waals surface area contributed by atoms with Crippen LogP contribution in [0.15, 0.2) is 42.6 Å². The van der Waals surface area contributed by atoms with Gasteiger partial charge in [-0.05, 0) is 11.6 Å². The van der Waals surface area contributed by atoms with Gasteiger partial charge >= 0.3 is 5.97 Å². The number of nitriles is 1. The molecule has 0 bridgehead atoms. The highest BCUT2D eigenvalue weighted by Gasteiger charge is 2.19. The van der Waals surface area contributed by atoms with Gasteiger partial charge in [0.05, 0.1) is 5.92 Å². The first kappa shape index (κ1) is 13.5. The second-order valence-electron chi connectivity index (χ2n) is 4.06. The number of anilines is 1. The molecule has 1 aromatic carbocycles. The molecule has 1 atom stereocenters. The highest BCUT2D eigenvalue weighted by molar-refractivity contribution is 5.76. The van der Waals surface area contributed by atoms with Gasteiger partial charge in [0.25, 0.3) is 0 Å². The summed E-state index contributed by atoms with van der Waals surface area (Å²) in [5.41, 5.74) is 0.929. The number of carbonyl (C=O) groups is 1. The molecule has 1 heterocycles. The van der Waals surface area contributed by atoms with Crippen molar-refractivity contribution in [3.63, 3.8) is 0 Å². The molecular formula is C14H12N4O2. The van der Waals surface area contributed by atoms with Crippen molar-refractivity contribution in [1.82, 2.24) is 9.97 Å². The topological polar surface area (TPSA) is 98.9 Å². The quantitative estimate of drug-likeness (QED) is 0.855. The molecule has 2 aromatic rings. The van der Waals surface area contributed by atoms with E-state index in [1.165, 1.54) is 12.3 Å². The third kappa shape index (κ3) is 3.29. The van der Waals surface area contributed by atoms with Gasteiger partial charge in [-0.25, -0.2) is 9.97 Å². The summed E-state index contributed by atoms with van der Waals surface area (Å²) in [5.74, 6) is -1.39. The van der Waals surface area contributed by atoms with Crippen molar-refractivity contribution in [3.05, 3.63) is 53.9 Å². The summed E-state index contributed by atoms with van der Waals surface area (Å²) >= 11 is 0. The van der Waals surface area contributed by atoms with Gasteiger partial charge in [0.15, 0.2) is 0 Å². The lowest BCUT2D eigenvalue weighted by atomic mass is 9.99. The SMILES string of the molecule is N#Cc1ccnc(NCC(C(=O)O)c2ccccc2)n1. The summed E-state index contributed by atoms with van der Waals surface area (Å²) in [6, 6.07) is 12.3. The van der Waals surface area contributed by atoms with Crippen LogP contribution in [0.5, 0.6) is 0 Å². The summed E-state index contributed by atoms with van der Waals surface area (Å²) in [4.78, 5) is 19.2. The smallest absolute Gasteiger partial charge is 0.312 e. The van der Waals surface area contributed by atoms with E-state index in [0.717, 1.165) is 0 Å². The lowest BCUT2D eigenvalue weighted by molar-refractivity contribution is -0.138. The third-order valence-corrected chi connectivity index (χ3v) is 2.73. The van der Waals surface area contributed by atoms with Crippen LogP contribution in [0.25, 0.3) is 0 Å². The summed E-state index contributed by atoms with van der Waals surface area (Å²) < 4.78 is 0. The van der Waals surface area contributed by atoms with Crippen molar-refractivity contribution < 1.29 is 9.90 Å². The van der Waals surface area contributed by atoms with Crippen LogP contribution in [0, 0.1) is 11.3 Å². The average molecular weight is 268 g/mol. The zero-order valence-electron chi connectivity index (χ0n) is 10.5. The second kappa shape index (κ2) is 6.29. The fourth-order valence-electron chi connectivity index (χ4n) is 1.73. The van der Waals surface area contributed by atoms with Gasteiger partial charge in [-0.1, -0.05) is 30.3 Å². The molecule has 0 radical (unpaired) electrons. The van der Waals surface area contributed by atoms with E-state index in [4.69, 9.17) is 5.26 Å². The van der Waals surface area contributed by atoms with E-state index in [2.05, 4.69) is 15.3 Å². The average Bonchev–Trinajstić information content (AvgIpc) is 2.48. The Bertz CT molecular complexity index is 637. The summed E-state index contributed by atoms with van der Waals surface area (Å²) in [5, 5.41) is 20.9. The first-order chi connectivity index (χ1) is 9.70. The minimum atomic E-state index is -0.930. The zero-order chi connectivity index (χ0) is 14.4. The van der Waals surface area contributed by atoms with Crippen LogP contribution in [0.3, 0.4) is 0 Å². The molecule has 6 nitrogen and oxygen atoms in total. The van der Waals surface area contributed by atoms with Gasteiger partial charge < -0.3 is 10.4 Å². The normalized spacial score (nSPS) is 11.3. The highest BCUT2D eigenvalue weighted by Crippen LogP contribution is 2.16. The number of hydrogen-bond acceptors (Lipinski definition) is 5. The molecule has 0 aliphatic rings. The van der Waals surface area contributed by atoms with E-state index in [9.17, 15) is 9.90 Å². The van der Waals surface area contributed by atoms with Crippen LogP contribution < -0.4 is 5.32 Å². The van der Waals surface area contributed by atoms with Crippen LogP contribution in [0.4, 0.5) is 5.95 Å². The maximum atomic E-state index is 11.3. The fourth-order valence-corrected chi connectivity index (χ4v) is 1.73. The minimum absolute atomic E-state index is 0.147. The largest absolute Gasteiger partial charge is 0.481 e. The molecule has 0 fully saturated rings. The molecular weight excluding hydrogens is 256 g/mol. The molecule has 1 aromatic heterocycles. The highest BCUT2D eigenvalue weighted by atomic mass is 16.4. The Morgan fingerprint density at radius 1 is 1.35 bits per heavy atom. The lowest BCUT2D eigenvalue weighted by Crippen LogP contribution is -2.21. The van der Waals surface area contributed by atoms with Crippen LogP contribution in [-0.2, 0) is 4.79 Å². The van der Waals surface area contributed by atoms with Crippen molar-refractivity contribution in [2.45, 2.75) is 5.92 Å². The number of hydrogen-bond donors (Lipinski definition) is 2. The van der Waals surface area contributed by atoms with E-state index < -0.39 is 11.9 Å². The Morgan fingerprint density at radius 2 is 2.10 bits per heavy atom. The predicted octanol–water partition coefficient (Wildman–Crippen LogP) is 1.63. The van der Waals surface area contributed by atoms with Crippen LogP contribution >= 0.6 is 0 Å². The number of rotatable bonds is 5. The van der Waals surface area contributed by atoms with E-state index in [-0.39, 0.29) is 18.2 Å². The predicted molar refractivity (Wildman–Crippen MR) is 72.1 cm³/mol. The zero-order valence-corrected chi connectivity index (χ0v) is 10.5. The molecule has 0 saturated heterocycles. The molecule has 0 spiro atoms. The molecule has 0 aliphatic carbocycles. The number of aliphatic carboxylic acids is 1. The van der Waals surface area contributed by atoms with E-state index in [1.54, 1.807) is 24.3 Å². The van der Waals surface area contributed by atoms with Crippen molar-refractivity contribution in [1.29, 1.82) is 5.26 Å². The Kier molecular flexibility index (Phi) is 4.24. The Balaban J connectivity index is 2.10. The van der Waals surface area contributed by atoms with Crippen molar-refractivity contribution in [2.75, 3.05) is 11.9 Å². The lowest BCUT2D eigenvalue weighted by Gasteiger charge is -2.13. The van der Waals surface area contributed by atoms with Crippen LogP contribution in [0.2, 0.25) is 0 Å². The van der Waals surface area contributed by atoms with E-state index in [1.807, 2.05) is 12.1 Å².